The van der Waals surface area contributed by atoms with E-state index in [0.717, 1.165) is 0 Å². The van der Waals surface area contributed by atoms with Crippen LogP contribution in [0.5, 0.6) is 0 Å². The predicted octanol–water partition coefficient (Wildman–Crippen LogP) is 1.18. The van der Waals surface area contributed by atoms with Crippen LogP contribution in [0.3, 0.4) is 0 Å². The molecule has 0 aromatic heterocycles. The molecule has 0 amide bonds. The minimum Gasteiger partial charge on any atom is -0.452 e. The molecule has 0 saturated carbocycles. The largest absolute Gasteiger partial charge is 0.452 e. The maximum atomic E-state index is 11.4. The smallest absolute Gasteiger partial charge is 0.314 e. The molecule has 68 valence electrons. The van der Waals surface area contributed by atoms with Crippen molar-refractivity contribution in [3.05, 3.63) is 0 Å². The number of terminal acetylenes is 1. The van der Waals surface area contributed by atoms with E-state index in [1.54, 1.807) is 13.6 Å². The molecule has 0 aromatic rings. The van der Waals surface area contributed by atoms with Gasteiger partial charge in [-0.15, -0.1) is 6.42 Å². The van der Waals surface area contributed by atoms with Gasteiger partial charge in [0.1, 0.15) is 0 Å². The van der Waals surface area contributed by atoms with E-state index in [1.807, 2.05) is 0 Å². The van der Waals surface area contributed by atoms with Crippen LogP contribution in [0.4, 0.5) is 0 Å². The van der Waals surface area contributed by atoms with Gasteiger partial charge in [0.2, 0.25) is 0 Å². The van der Waals surface area contributed by atoms with Crippen molar-refractivity contribution < 1.29 is 14.1 Å². The SMILES string of the molecule is C#CCOC(=O)CP(C)(=O)CC. The van der Waals surface area contributed by atoms with Crippen LogP contribution in [0.25, 0.3) is 0 Å². The van der Waals surface area contributed by atoms with Gasteiger partial charge in [0.25, 0.3) is 0 Å². The Balaban J connectivity index is 3.86. The maximum Gasteiger partial charge on any atom is 0.314 e. The van der Waals surface area contributed by atoms with Gasteiger partial charge in [-0.3, -0.25) is 4.79 Å². The van der Waals surface area contributed by atoms with Crippen LogP contribution in [-0.4, -0.2) is 31.6 Å². The van der Waals surface area contributed by atoms with Gasteiger partial charge in [0.05, 0.1) is 13.3 Å². The van der Waals surface area contributed by atoms with Crippen molar-refractivity contribution in [3.8, 4) is 12.3 Å². The number of hydrogen-bond acceptors (Lipinski definition) is 3. The molecule has 3 nitrogen and oxygen atoms in total. The van der Waals surface area contributed by atoms with Gasteiger partial charge < -0.3 is 9.30 Å². The standard InChI is InChI=1S/C8H13O3P/c1-4-6-11-8(9)7-12(3,10)5-2/h1H,5-7H2,2-3H3. The Morgan fingerprint density at radius 3 is 2.67 bits per heavy atom. The molecule has 0 fully saturated rings. The fourth-order valence-corrected chi connectivity index (χ4v) is 1.41. The zero-order valence-corrected chi connectivity index (χ0v) is 8.27. The van der Waals surface area contributed by atoms with Gasteiger partial charge in [-0.1, -0.05) is 12.8 Å². The summed E-state index contributed by atoms with van der Waals surface area (Å²) in [5.74, 6) is 1.70. The molecular weight excluding hydrogens is 175 g/mol. The van der Waals surface area contributed by atoms with Crippen LogP contribution < -0.4 is 0 Å². The predicted molar refractivity (Wildman–Crippen MR) is 48.7 cm³/mol. The molecule has 0 aliphatic rings. The van der Waals surface area contributed by atoms with Gasteiger partial charge in [-0.05, 0) is 12.8 Å². The molecule has 0 rings (SSSR count). The normalized spacial score (nSPS) is 14.4. The van der Waals surface area contributed by atoms with Crippen molar-refractivity contribution >= 4 is 13.1 Å². The van der Waals surface area contributed by atoms with Gasteiger partial charge in [0.15, 0.2) is 6.61 Å². The van der Waals surface area contributed by atoms with Crippen LogP contribution in [0.1, 0.15) is 6.92 Å². The average molecular weight is 188 g/mol. The van der Waals surface area contributed by atoms with E-state index in [9.17, 15) is 9.36 Å². The molecular formula is C8H13O3P. The van der Waals surface area contributed by atoms with Crippen molar-refractivity contribution in [1.82, 2.24) is 0 Å². The second-order valence-electron chi connectivity index (χ2n) is 2.64. The first kappa shape index (κ1) is 11.3. The highest BCUT2D eigenvalue weighted by molar-refractivity contribution is 7.63. The van der Waals surface area contributed by atoms with Crippen LogP contribution in [0.2, 0.25) is 0 Å². The third-order valence-electron chi connectivity index (χ3n) is 1.45. The van der Waals surface area contributed by atoms with Gasteiger partial charge in [0, 0.05) is 0 Å². The third-order valence-corrected chi connectivity index (χ3v) is 3.71. The topological polar surface area (TPSA) is 43.4 Å². The molecule has 0 aliphatic heterocycles. The summed E-state index contributed by atoms with van der Waals surface area (Å²) in [5, 5.41) is 0. The zero-order chi connectivity index (χ0) is 9.61. The molecule has 4 heteroatoms. The summed E-state index contributed by atoms with van der Waals surface area (Å²) in [6.45, 7) is 3.34. The highest BCUT2D eigenvalue weighted by atomic mass is 31.2. The quantitative estimate of drug-likeness (QED) is 0.378. The Labute approximate surface area is 72.9 Å². The molecule has 0 heterocycles. The number of esters is 1. The second-order valence-corrected chi connectivity index (χ2v) is 6.18. The van der Waals surface area contributed by atoms with Crippen molar-refractivity contribution in [2.45, 2.75) is 6.92 Å². The summed E-state index contributed by atoms with van der Waals surface area (Å²) in [4.78, 5) is 10.9. The maximum absolute atomic E-state index is 11.4. The van der Waals surface area contributed by atoms with Crippen molar-refractivity contribution in [2.75, 3.05) is 25.6 Å². The molecule has 0 N–H and O–H groups in total. The lowest BCUT2D eigenvalue weighted by molar-refractivity contribution is -0.139. The molecule has 1 atom stereocenters. The molecule has 0 spiro atoms. The first-order valence-electron chi connectivity index (χ1n) is 3.66. The lowest BCUT2D eigenvalue weighted by Gasteiger charge is -2.07. The van der Waals surface area contributed by atoms with Crippen LogP contribution in [0.15, 0.2) is 0 Å². The van der Waals surface area contributed by atoms with Crippen molar-refractivity contribution in [2.24, 2.45) is 0 Å². The van der Waals surface area contributed by atoms with E-state index in [4.69, 9.17) is 6.42 Å². The molecule has 0 radical (unpaired) electrons. The summed E-state index contributed by atoms with van der Waals surface area (Å²) in [5.41, 5.74) is 0. The monoisotopic (exact) mass is 188 g/mol. The molecule has 0 aliphatic carbocycles. The molecule has 1 unspecified atom stereocenters. The first-order chi connectivity index (χ1) is 5.52. The number of rotatable bonds is 4. The Morgan fingerprint density at radius 1 is 1.67 bits per heavy atom. The minimum atomic E-state index is -2.31. The van der Waals surface area contributed by atoms with Crippen LogP contribution >= 0.6 is 7.14 Å². The van der Waals surface area contributed by atoms with Crippen molar-refractivity contribution in [1.29, 1.82) is 0 Å². The van der Waals surface area contributed by atoms with E-state index < -0.39 is 13.1 Å². The van der Waals surface area contributed by atoms with E-state index in [0.29, 0.717) is 6.16 Å². The lowest BCUT2D eigenvalue weighted by atomic mass is 10.7. The Bertz CT molecular complexity index is 239. The Hall–Kier alpha value is -0.740. The summed E-state index contributed by atoms with van der Waals surface area (Å²) >= 11 is 0. The number of ether oxygens (including phenoxy) is 1. The summed E-state index contributed by atoms with van der Waals surface area (Å²) < 4.78 is 16.0. The highest BCUT2D eigenvalue weighted by Crippen LogP contribution is 2.39. The van der Waals surface area contributed by atoms with Crippen LogP contribution in [0, 0.1) is 12.3 Å². The minimum absolute atomic E-state index is 0.00875. The van der Waals surface area contributed by atoms with E-state index in [-0.39, 0.29) is 12.8 Å². The van der Waals surface area contributed by atoms with E-state index in [2.05, 4.69) is 10.7 Å². The fourth-order valence-electron chi connectivity index (χ4n) is 0.553. The molecule has 0 aromatic carbocycles. The zero-order valence-electron chi connectivity index (χ0n) is 7.37. The van der Waals surface area contributed by atoms with Crippen molar-refractivity contribution in [3.63, 3.8) is 0 Å². The molecule has 0 saturated heterocycles. The lowest BCUT2D eigenvalue weighted by Crippen LogP contribution is -2.10. The summed E-state index contributed by atoms with van der Waals surface area (Å²) in [6, 6.07) is 0. The first-order valence-corrected chi connectivity index (χ1v) is 6.19. The Morgan fingerprint density at radius 2 is 2.25 bits per heavy atom. The molecule has 0 bridgehead atoms. The number of carbonyl (C=O) groups is 1. The second kappa shape index (κ2) is 5.00. The summed E-state index contributed by atoms with van der Waals surface area (Å²) in [6.07, 6.45) is 5.38. The van der Waals surface area contributed by atoms with Gasteiger partial charge >= 0.3 is 5.97 Å². The van der Waals surface area contributed by atoms with Crippen LogP contribution in [-0.2, 0) is 14.1 Å². The average Bonchev–Trinajstić information content (AvgIpc) is 2.00. The van der Waals surface area contributed by atoms with Gasteiger partial charge in [-0.2, -0.15) is 0 Å². The van der Waals surface area contributed by atoms with E-state index >= 15 is 0 Å². The van der Waals surface area contributed by atoms with E-state index in [1.165, 1.54) is 0 Å². The Kier molecular flexibility index (Phi) is 4.70. The summed E-state index contributed by atoms with van der Waals surface area (Å²) in [7, 11) is -2.31. The molecule has 12 heavy (non-hydrogen) atoms. The number of hydrogen-bond donors (Lipinski definition) is 0. The third kappa shape index (κ3) is 4.98. The van der Waals surface area contributed by atoms with Gasteiger partial charge in [-0.25, -0.2) is 0 Å². The highest BCUT2D eigenvalue weighted by Gasteiger charge is 2.18. The fraction of sp³-hybridized carbons (Fsp3) is 0.625. The number of carbonyl (C=O) groups excluding carboxylic acids is 1.